The molecule has 0 radical (unpaired) electrons. The number of para-hydroxylation sites is 1. The second-order valence-corrected chi connectivity index (χ2v) is 9.48. The van der Waals surface area contributed by atoms with Gasteiger partial charge >= 0.3 is 0 Å². The van der Waals surface area contributed by atoms with Crippen molar-refractivity contribution < 1.29 is 4.79 Å². The molecule has 0 unspecified atom stereocenters. The summed E-state index contributed by atoms with van der Waals surface area (Å²) in [4.78, 5) is 31.6. The van der Waals surface area contributed by atoms with E-state index in [1.165, 1.54) is 27.7 Å². The first-order valence-corrected chi connectivity index (χ1v) is 11.8. The molecule has 4 aromatic rings. The molecule has 1 amide bonds. The van der Waals surface area contributed by atoms with Gasteiger partial charge in [-0.3, -0.25) is 14.2 Å². The summed E-state index contributed by atoms with van der Waals surface area (Å²) in [7, 11) is 1.69. The number of benzene rings is 1. The van der Waals surface area contributed by atoms with Crippen molar-refractivity contribution in [2.24, 2.45) is 7.05 Å². The summed E-state index contributed by atoms with van der Waals surface area (Å²) in [6.07, 6.45) is 0. The zero-order valence-corrected chi connectivity index (χ0v) is 18.7. The highest BCUT2D eigenvalue weighted by atomic mass is 79.9. The summed E-state index contributed by atoms with van der Waals surface area (Å²) >= 11 is 7.71. The summed E-state index contributed by atoms with van der Waals surface area (Å²) in [5.41, 5.74) is 1.54. The highest BCUT2D eigenvalue weighted by Crippen LogP contribution is 2.34. The molecule has 0 atom stereocenters. The Hall–Kier alpha value is -1.94. The Labute approximate surface area is 181 Å². The van der Waals surface area contributed by atoms with Crippen LogP contribution >= 0.6 is 50.4 Å². The first kappa shape index (κ1) is 19.4. The van der Waals surface area contributed by atoms with E-state index < -0.39 is 0 Å². The van der Waals surface area contributed by atoms with Gasteiger partial charge in [0.05, 0.1) is 16.8 Å². The van der Waals surface area contributed by atoms with Gasteiger partial charge in [-0.2, -0.15) is 0 Å². The van der Waals surface area contributed by atoms with E-state index >= 15 is 0 Å². The number of nitrogens with zero attached hydrogens (tertiary/aromatic N) is 2. The minimum atomic E-state index is -0.156. The third-order valence-electron chi connectivity index (χ3n) is 4.04. The number of hydrogen-bond acceptors (Lipinski definition) is 6. The first-order chi connectivity index (χ1) is 13.5. The summed E-state index contributed by atoms with van der Waals surface area (Å²) < 4.78 is 2.34. The van der Waals surface area contributed by atoms with Gasteiger partial charge in [0.25, 0.3) is 5.56 Å². The molecule has 0 bridgehead atoms. The third kappa shape index (κ3) is 3.80. The van der Waals surface area contributed by atoms with Gasteiger partial charge in [0.1, 0.15) is 4.83 Å². The average molecular weight is 492 g/mol. The number of rotatable bonds is 5. The van der Waals surface area contributed by atoms with E-state index in [1.54, 1.807) is 18.4 Å². The fraction of sp³-hybridized carbons (Fsp3) is 0.105. The molecule has 0 aliphatic heterocycles. The highest BCUT2D eigenvalue weighted by Gasteiger charge is 2.17. The van der Waals surface area contributed by atoms with Gasteiger partial charge < -0.3 is 5.32 Å². The molecule has 142 valence electrons. The van der Waals surface area contributed by atoms with Crippen molar-refractivity contribution in [3.8, 4) is 10.4 Å². The molecule has 28 heavy (non-hydrogen) atoms. The molecular formula is C19H14BrN3O2S3. The number of thioether (sulfide) groups is 1. The predicted molar refractivity (Wildman–Crippen MR) is 122 cm³/mol. The lowest BCUT2D eigenvalue weighted by atomic mass is 10.2. The van der Waals surface area contributed by atoms with E-state index in [9.17, 15) is 9.59 Å². The van der Waals surface area contributed by atoms with Crippen LogP contribution in [0.2, 0.25) is 0 Å². The molecule has 0 fully saturated rings. The quantitative estimate of drug-likeness (QED) is 0.307. The zero-order valence-electron chi connectivity index (χ0n) is 14.6. The van der Waals surface area contributed by atoms with E-state index in [0.29, 0.717) is 21.1 Å². The second-order valence-electron chi connectivity index (χ2n) is 5.88. The van der Waals surface area contributed by atoms with E-state index in [1.807, 2.05) is 47.2 Å². The summed E-state index contributed by atoms with van der Waals surface area (Å²) in [5.74, 6) is 0.00714. The van der Waals surface area contributed by atoms with Crippen LogP contribution in [0.25, 0.3) is 20.7 Å². The van der Waals surface area contributed by atoms with Crippen LogP contribution in [0.5, 0.6) is 0 Å². The lowest BCUT2D eigenvalue weighted by Crippen LogP contribution is -2.21. The Balaban J connectivity index is 1.56. The van der Waals surface area contributed by atoms with Crippen LogP contribution in [-0.4, -0.2) is 21.2 Å². The van der Waals surface area contributed by atoms with Crippen LogP contribution in [0.15, 0.2) is 61.6 Å². The van der Waals surface area contributed by atoms with Crippen LogP contribution in [0.4, 0.5) is 5.69 Å². The number of thiophene rings is 2. The molecule has 4 rings (SSSR count). The molecule has 0 aliphatic carbocycles. The number of fused-ring (bicyclic) bond motifs is 1. The normalized spacial score (nSPS) is 11.1. The molecule has 0 saturated carbocycles. The number of carbonyl (C=O) groups is 1. The van der Waals surface area contributed by atoms with Crippen molar-refractivity contribution in [3.63, 3.8) is 0 Å². The molecule has 3 aromatic heterocycles. The number of anilines is 1. The number of halogens is 1. The molecular weight excluding hydrogens is 478 g/mol. The standard InChI is InChI=1S/C19H14BrN3O2S3/c1-23-18(25)16-11(14-7-4-8-26-14)9-27-17(16)22-19(23)28-10-15(24)21-13-6-3-2-5-12(13)20/h2-9H,10H2,1H3,(H,21,24). The van der Waals surface area contributed by atoms with Crippen LogP contribution in [0, 0.1) is 0 Å². The van der Waals surface area contributed by atoms with Crippen LogP contribution < -0.4 is 10.9 Å². The first-order valence-electron chi connectivity index (χ1n) is 8.24. The Bertz CT molecular complexity index is 1220. The van der Waals surface area contributed by atoms with Gasteiger partial charge in [-0.25, -0.2) is 4.98 Å². The van der Waals surface area contributed by atoms with Gasteiger partial charge in [0.2, 0.25) is 5.91 Å². The molecule has 0 spiro atoms. The van der Waals surface area contributed by atoms with Crippen LogP contribution in [-0.2, 0) is 11.8 Å². The van der Waals surface area contributed by atoms with Gasteiger partial charge in [-0.05, 0) is 39.5 Å². The van der Waals surface area contributed by atoms with E-state index in [4.69, 9.17) is 0 Å². The van der Waals surface area contributed by atoms with Gasteiger partial charge in [0.15, 0.2) is 5.16 Å². The maximum atomic E-state index is 12.9. The van der Waals surface area contributed by atoms with E-state index in [-0.39, 0.29) is 17.2 Å². The molecule has 0 aliphatic rings. The lowest BCUT2D eigenvalue weighted by molar-refractivity contribution is -0.113. The Morgan fingerprint density at radius 1 is 1.25 bits per heavy atom. The molecule has 9 heteroatoms. The van der Waals surface area contributed by atoms with Crippen molar-refractivity contribution in [2.45, 2.75) is 5.16 Å². The molecule has 0 saturated heterocycles. The Morgan fingerprint density at radius 2 is 2.07 bits per heavy atom. The zero-order chi connectivity index (χ0) is 19.7. The summed E-state index contributed by atoms with van der Waals surface area (Å²) in [5, 5.41) is 7.98. The highest BCUT2D eigenvalue weighted by molar-refractivity contribution is 9.10. The van der Waals surface area contributed by atoms with Crippen molar-refractivity contribution in [1.29, 1.82) is 0 Å². The SMILES string of the molecule is Cn1c(SCC(=O)Nc2ccccc2Br)nc2scc(-c3cccs3)c2c1=O. The second kappa shape index (κ2) is 8.20. The fourth-order valence-corrected chi connectivity index (χ4v) is 5.63. The number of amides is 1. The molecule has 1 N–H and O–H groups in total. The molecule has 1 aromatic carbocycles. The Kier molecular flexibility index (Phi) is 5.68. The maximum absolute atomic E-state index is 12.9. The van der Waals surface area contributed by atoms with Crippen molar-refractivity contribution in [3.05, 3.63) is 62.0 Å². The van der Waals surface area contributed by atoms with Crippen molar-refractivity contribution in [1.82, 2.24) is 9.55 Å². The predicted octanol–water partition coefficient (Wildman–Crippen LogP) is 5.22. The minimum Gasteiger partial charge on any atom is -0.324 e. The monoisotopic (exact) mass is 491 g/mol. The van der Waals surface area contributed by atoms with E-state index in [2.05, 4.69) is 26.2 Å². The fourth-order valence-electron chi connectivity index (χ4n) is 2.67. The van der Waals surface area contributed by atoms with Crippen LogP contribution in [0.3, 0.4) is 0 Å². The number of aromatic nitrogens is 2. The maximum Gasteiger partial charge on any atom is 0.263 e. The summed E-state index contributed by atoms with van der Waals surface area (Å²) in [6.45, 7) is 0. The number of nitrogens with one attached hydrogen (secondary N) is 1. The lowest BCUT2D eigenvalue weighted by Gasteiger charge is -2.09. The average Bonchev–Trinajstić information content (AvgIpc) is 3.35. The smallest absolute Gasteiger partial charge is 0.263 e. The largest absolute Gasteiger partial charge is 0.324 e. The van der Waals surface area contributed by atoms with Gasteiger partial charge in [-0.15, -0.1) is 22.7 Å². The van der Waals surface area contributed by atoms with Gasteiger partial charge in [0, 0.05) is 27.3 Å². The topological polar surface area (TPSA) is 64.0 Å². The third-order valence-corrected chi connectivity index (χ3v) is 7.54. The number of hydrogen-bond donors (Lipinski definition) is 1. The minimum absolute atomic E-state index is 0.0941. The Morgan fingerprint density at radius 3 is 2.82 bits per heavy atom. The van der Waals surface area contributed by atoms with Crippen LogP contribution in [0.1, 0.15) is 0 Å². The molecule has 3 heterocycles. The summed E-state index contributed by atoms with van der Waals surface area (Å²) in [6, 6.07) is 11.4. The van der Waals surface area contributed by atoms with E-state index in [0.717, 1.165) is 14.9 Å². The van der Waals surface area contributed by atoms with Crippen molar-refractivity contribution >= 4 is 72.2 Å². The van der Waals surface area contributed by atoms with Crippen molar-refractivity contribution in [2.75, 3.05) is 11.1 Å². The van der Waals surface area contributed by atoms with Gasteiger partial charge in [-0.1, -0.05) is 30.0 Å². The number of carbonyl (C=O) groups excluding carboxylic acids is 1. The molecule has 5 nitrogen and oxygen atoms in total.